The highest BCUT2D eigenvalue weighted by Crippen LogP contribution is 2.22. The predicted octanol–water partition coefficient (Wildman–Crippen LogP) is 2.70. The van der Waals surface area contributed by atoms with E-state index in [1.165, 1.54) is 0 Å². The average Bonchev–Trinajstić information content (AvgIpc) is 2.56. The molecule has 3 N–H and O–H groups in total. The van der Waals surface area contributed by atoms with Crippen molar-refractivity contribution in [3.8, 4) is 11.5 Å². The van der Waals surface area contributed by atoms with E-state index in [2.05, 4.69) is 4.98 Å². The molecule has 0 saturated heterocycles. The third-order valence-corrected chi connectivity index (χ3v) is 1.92. The molecular weight excluding hydrogens is 176 g/mol. The Bertz CT molecular complexity index is 417. The van der Waals surface area contributed by atoms with Crippen LogP contribution in [0.4, 0.5) is 5.69 Å². The zero-order valence-electron chi connectivity index (χ0n) is 7.95. The van der Waals surface area contributed by atoms with E-state index in [1.54, 1.807) is 0 Å². The van der Waals surface area contributed by atoms with Crippen LogP contribution in [-0.2, 0) is 0 Å². The minimum atomic E-state index is 0.739. The summed E-state index contributed by atoms with van der Waals surface area (Å²) in [7, 11) is 0. The molecule has 1 aromatic heterocycles. The molecule has 1 aromatic carbocycles. The summed E-state index contributed by atoms with van der Waals surface area (Å²) < 4.78 is 5.57. The largest absolute Gasteiger partial charge is 0.456 e. The fourth-order valence-corrected chi connectivity index (χ4v) is 1.21. The van der Waals surface area contributed by atoms with Crippen molar-refractivity contribution < 1.29 is 4.74 Å². The van der Waals surface area contributed by atoms with Gasteiger partial charge < -0.3 is 15.5 Å². The number of aryl methyl sites for hydroxylation is 1. The second-order valence-electron chi connectivity index (χ2n) is 3.19. The van der Waals surface area contributed by atoms with Gasteiger partial charge in [0.15, 0.2) is 0 Å². The van der Waals surface area contributed by atoms with Gasteiger partial charge >= 0.3 is 0 Å². The van der Waals surface area contributed by atoms with Gasteiger partial charge in [-0.2, -0.15) is 0 Å². The lowest BCUT2D eigenvalue weighted by atomic mass is 10.3. The summed E-state index contributed by atoms with van der Waals surface area (Å²) in [6.45, 7) is 1.98. The van der Waals surface area contributed by atoms with Crippen LogP contribution in [0.5, 0.6) is 11.5 Å². The van der Waals surface area contributed by atoms with Crippen molar-refractivity contribution in [3.63, 3.8) is 0 Å². The molecule has 0 aliphatic rings. The van der Waals surface area contributed by atoms with Crippen LogP contribution in [0.3, 0.4) is 0 Å². The number of hydrogen-bond acceptors (Lipinski definition) is 2. The number of benzene rings is 1. The second-order valence-corrected chi connectivity index (χ2v) is 3.19. The number of nitrogens with two attached hydrogens (primary N) is 1. The minimum Gasteiger partial charge on any atom is -0.456 e. The van der Waals surface area contributed by atoms with Gasteiger partial charge in [0.1, 0.15) is 11.5 Å². The topological polar surface area (TPSA) is 51.0 Å². The molecule has 0 spiro atoms. The molecule has 3 heteroatoms. The molecule has 0 unspecified atom stereocenters. The predicted molar refractivity (Wildman–Crippen MR) is 56.5 cm³/mol. The lowest BCUT2D eigenvalue weighted by Gasteiger charge is -2.02. The summed E-state index contributed by atoms with van der Waals surface area (Å²) in [5, 5.41) is 0. The summed E-state index contributed by atoms with van der Waals surface area (Å²) in [6.07, 6.45) is 1.83. The number of rotatable bonds is 2. The Labute approximate surface area is 82.5 Å². The third kappa shape index (κ3) is 1.88. The first-order valence-corrected chi connectivity index (χ1v) is 4.42. The maximum Gasteiger partial charge on any atom is 0.145 e. The van der Waals surface area contributed by atoms with Crippen molar-refractivity contribution in [2.24, 2.45) is 0 Å². The van der Waals surface area contributed by atoms with Crippen molar-refractivity contribution >= 4 is 5.69 Å². The molecule has 2 aromatic rings. The van der Waals surface area contributed by atoms with Gasteiger partial charge in [-0.3, -0.25) is 0 Å². The fraction of sp³-hybridized carbons (Fsp3) is 0.0909. The van der Waals surface area contributed by atoms with Gasteiger partial charge in [-0.1, -0.05) is 0 Å². The van der Waals surface area contributed by atoms with Crippen LogP contribution >= 0.6 is 0 Å². The van der Waals surface area contributed by atoms with Crippen LogP contribution in [-0.4, -0.2) is 4.98 Å². The van der Waals surface area contributed by atoms with Crippen LogP contribution in [0.15, 0.2) is 36.5 Å². The third-order valence-electron chi connectivity index (χ3n) is 1.92. The first kappa shape index (κ1) is 8.69. The Hall–Kier alpha value is -1.90. The van der Waals surface area contributed by atoms with Crippen molar-refractivity contribution in [1.29, 1.82) is 0 Å². The van der Waals surface area contributed by atoms with E-state index in [1.807, 2.05) is 43.5 Å². The molecule has 14 heavy (non-hydrogen) atoms. The molecule has 3 nitrogen and oxygen atoms in total. The number of aromatic amines is 1. The highest BCUT2D eigenvalue weighted by molar-refractivity contribution is 5.42. The number of ether oxygens (including phenoxy) is 1. The van der Waals surface area contributed by atoms with Gasteiger partial charge in [0.2, 0.25) is 0 Å². The van der Waals surface area contributed by atoms with Crippen molar-refractivity contribution in [1.82, 2.24) is 4.98 Å². The Kier molecular flexibility index (Phi) is 2.14. The molecule has 0 aliphatic heterocycles. The molecule has 0 atom stereocenters. The highest BCUT2D eigenvalue weighted by Gasteiger charge is 1.98. The SMILES string of the molecule is Cc1cc(Oc2ccc(N)cc2)c[nH]1. The fourth-order valence-electron chi connectivity index (χ4n) is 1.21. The normalized spacial score (nSPS) is 10.1. The zero-order valence-corrected chi connectivity index (χ0v) is 7.95. The van der Waals surface area contributed by atoms with E-state index in [0.29, 0.717) is 0 Å². The van der Waals surface area contributed by atoms with E-state index >= 15 is 0 Å². The summed E-state index contributed by atoms with van der Waals surface area (Å²) >= 11 is 0. The van der Waals surface area contributed by atoms with Crippen LogP contribution in [0.2, 0.25) is 0 Å². The standard InChI is InChI=1S/C11H12N2O/c1-8-6-11(7-13-8)14-10-4-2-9(12)3-5-10/h2-7,13H,12H2,1H3. The molecule has 0 aliphatic carbocycles. The smallest absolute Gasteiger partial charge is 0.145 e. The van der Waals surface area contributed by atoms with Gasteiger partial charge in [0.05, 0.1) is 0 Å². The molecule has 0 radical (unpaired) electrons. The number of anilines is 1. The Morgan fingerprint density at radius 2 is 1.86 bits per heavy atom. The molecule has 0 bridgehead atoms. The second kappa shape index (κ2) is 3.46. The maximum atomic E-state index is 5.57. The average molecular weight is 188 g/mol. The van der Waals surface area contributed by atoms with Crippen molar-refractivity contribution in [2.45, 2.75) is 6.92 Å². The van der Waals surface area contributed by atoms with Crippen LogP contribution in [0, 0.1) is 6.92 Å². The number of nitrogens with one attached hydrogen (secondary N) is 1. The lowest BCUT2D eigenvalue weighted by molar-refractivity contribution is 0.483. The van der Waals surface area contributed by atoms with Crippen LogP contribution in [0.25, 0.3) is 0 Å². The Morgan fingerprint density at radius 3 is 2.43 bits per heavy atom. The summed E-state index contributed by atoms with van der Waals surface area (Å²) in [5.74, 6) is 1.60. The lowest BCUT2D eigenvalue weighted by Crippen LogP contribution is -1.85. The summed E-state index contributed by atoms with van der Waals surface area (Å²) in [5.41, 5.74) is 7.38. The number of nitrogen functional groups attached to an aromatic ring is 1. The maximum absolute atomic E-state index is 5.57. The highest BCUT2D eigenvalue weighted by atomic mass is 16.5. The molecule has 72 valence electrons. The number of H-pyrrole nitrogens is 1. The quantitative estimate of drug-likeness (QED) is 0.712. The van der Waals surface area contributed by atoms with Crippen LogP contribution in [0.1, 0.15) is 5.69 Å². The molecule has 1 heterocycles. The van der Waals surface area contributed by atoms with E-state index in [9.17, 15) is 0 Å². The Balaban J connectivity index is 2.15. The summed E-state index contributed by atoms with van der Waals surface area (Å²) in [6, 6.07) is 9.26. The molecular formula is C11H12N2O. The molecule has 2 rings (SSSR count). The van der Waals surface area contributed by atoms with Gasteiger partial charge in [-0.15, -0.1) is 0 Å². The Morgan fingerprint density at radius 1 is 1.14 bits per heavy atom. The minimum absolute atomic E-state index is 0.739. The van der Waals surface area contributed by atoms with Gasteiger partial charge in [0, 0.05) is 23.6 Å². The molecule has 0 saturated carbocycles. The van der Waals surface area contributed by atoms with Gasteiger partial charge in [0.25, 0.3) is 0 Å². The first-order chi connectivity index (χ1) is 6.74. The summed E-state index contributed by atoms with van der Waals surface area (Å²) in [4.78, 5) is 3.05. The molecule has 0 amide bonds. The van der Waals surface area contributed by atoms with Gasteiger partial charge in [-0.05, 0) is 31.2 Å². The van der Waals surface area contributed by atoms with E-state index in [0.717, 1.165) is 22.9 Å². The number of aromatic nitrogens is 1. The van der Waals surface area contributed by atoms with Crippen molar-refractivity contribution in [3.05, 3.63) is 42.2 Å². The van der Waals surface area contributed by atoms with Crippen LogP contribution < -0.4 is 10.5 Å². The first-order valence-electron chi connectivity index (χ1n) is 4.42. The van der Waals surface area contributed by atoms with E-state index in [4.69, 9.17) is 10.5 Å². The molecule has 0 fully saturated rings. The zero-order chi connectivity index (χ0) is 9.97. The van der Waals surface area contributed by atoms with Crippen molar-refractivity contribution in [2.75, 3.05) is 5.73 Å². The van der Waals surface area contributed by atoms with E-state index < -0.39 is 0 Å². The van der Waals surface area contributed by atoms with E-state index in [-0.39, 0.29) is 0 Å². The number of hydrogen-bond donors (Lipinski definition) is 2. The van der Waals surface area contributed by atoms with Gasteiger partial charge in [-0.25, -0.2) is 0 Å². The monoisotopic (exact) mass is 188 g/mol.